The molecule has 2 rings (SSSR count). The summed E-state index contributed by atoms with van der Waals surface area (Å²) in [6.07, 6.45) is 1.32. The standard InChI is InChI=1S/C8H10N6O2/c1-4-6(13-16-12-4)3-14-7(9)5(2-11-14)8(10)15/h2H,3,9H2,1H3,(H2,10,15). The molecule has 0 aliphatic rings. The molecule has 0 aliphatic carbocycles. The van der Waals surface area contributed by atoms with E-state index in [1.807, 2.05) is 0 Å². The number of aryl methyl sites for hydroxylation is 1. The maximum Gasteiger partial charge on any atom is 0.254 e. The minimum absolute atomic E-state index is 0.189. The molecule has 0 bridgehead atoms. The van der Waals surface area contributed by atoms with Gasteiger partial charge < -0.3 is 11.5 Å². The predicted octanol–water partition coefficient (Wildman–Crippen LogP) is -0.696. The molecule has 8 nitrogen and oxygen atoms in total. The molecule has 0 spiro atoms. The van der Waals surface area contributed by atoms with Gasteiger partial charge in [-0.15, -0.1) is 0 Å². The highest BCUT2D eigenvalue weighted by molar-refractivity contribution is 5.96. The molecule has 84 valence electrons. The second kappa shape index (κ2) is 3.65. The molecule has 0 atom stereocenters. The maximum atomic E-state index is 10.9. The average molecular weight is 222 g/mol. The van der Waals surface area contributed by atoms with E-state index in [9.17, 15) is 4.79 Å². The lowest BCUT2D eigenvalue weighted by Crippen LogP contribution is -2.14. The van der Waals surface area contributed by atoms with Crippen molar-refractivity contribution in [3.63, 3.8) is 0 Å². The number of nitrogens with two attached hydrogens (primary N) is 2. The summed E-state index contributed by atoms with van der Waals surface area (Å²) >= 11 is 0. The zero-order valence-corrected chi connectivity index (χ0v) is 8.54. The van der Waals surface area contributed by atoms with Crippen molar-refractivity contribution in [2.75, 3.05) is 5.73 Å². The molecule has 0 aromatic carbocycles. The Balaban J connectivity index is 2.29. The molecule has 4 N–H and O–H groups in total. The average Bonchev–Trinajstić information content (AvgIpc) is 2.76. The zero-order valence-electron chi connectivity index (χ0n) is 8.54. The maximum absolute atomic E-state index is 10.9. The van der Waals surface area contributed by atoms with Crippen LogP contribution in [0.3, 0.4) is 0 Å². The highest BCUT2D eigenvalue weighted by Crippen LogP contribution is 2.12. The van der Waals surface area contributed by atoms with Gasteiger partial charge in [-0.3, -0.25) is 4.79 Å². The van der Waals surface area contributed by atoms with E-state index in [4.69, 9.17) is 11.5 Å². The first-order chi connectivity index (χ1) is 7.59. The summed E-state index contributed by atoms with van der Waals surface area (Å²) in [7, 11) is 0. The minimum atomic E-state index is -0.612. The van der Waals surface area contributed by atoms with Crippen LogP contribution < -0.4 is 11.5 Å². The Morgan fingerprint density at radius 2 is 2.31 bits per heavy atom. The monoisotopic (exact) mass is 222 g/mol. The summed E-state index contributed by atoms with van der Waals surface area (Å²) < 4.78 is 5.95. The van der Waals surface area contributed by atoms with Crippen LogP contribution in [0.4, 0.5) is 5.82 Å². The minimum Gasteiger partial charge on any atom is -0.383 e. The number of amides is 1. The Bertz CT molecular complexity index is 528. The van der Waals surface area contributed by atoms with Gasteiger partial charge in [0.2, 0.25) is 0 Å². The molecule has 0 saturated carbocycles. The molecule has 2 aromatic heterocycles. The first kappa shape index (κ1) is 10.1. The fourth-order valence-corrected chi connectivity index (χ4v) is 1.25. The summed E-state index contributed by atoms with van der Waals surface area (Å²) in [4.78, 5) is 10.9. The highest BCUT2D eigenvalue weighted by Gasteiger charge is 2.14. The van der Waals surface area contributed by atoms with Crippen LogP contribution in [0.15, 0.2) is 10.8 Å². The molecule has 2 aromatic rings. The Morgan fingerprint density at radius 1 is 1.56 bits per heavy atom. The fraction of sp³-hybridized carbons (Fsp3) is 0.250. The van der Waals surface area contributed by atoms with Crippen LogP contribution in [-0.2, 0) is 6.54 Å². The van der Waals surface area contributed by atoms with E-state index in [0.29, 0.717) is 11.4 Å². The number of hydrogen-bond donors (Lipinski definition) is 2. The van der Waals surface area contributed by atoms with Gasteiger partial charge >= 0.3 is 0 Å². The van der Waals surface area contributed by atoms with Gasteiger partial charge in [0.05, 0.1) is 12.7 Å². The third kappa shape index (κ3) is 1.60. The van der Waals surface area contributed by atoms with Crippen molar-refractivity contribution in [3.05, 3.63) is 23.1 Å². The van der Waals surface area contributed by atoms with Gasteiger partial charge in [-0.25, -0.2) is 9.31 Å². The van der Waals surface area contributed by atoms with Gasteiger partial charge in [-0.05, 0) is 6.92 Å². The molecule has 2 heterocycles. The fourth-order valence-electron chi connectivity index (χ4n) is 1.25. The van der Waals surface area contributed by atoms with E-state index in [-0.39, 0.29) is 17.9 Å². The summed E-state index contributed by atoms with van der Waals surface area (Å²) in [6, 6.07) is 0. The molecule has 1 amide bonds. The summed E-state index contributed by atoms with van der Waals surface area (Å²) in [6.45, 7) is 2.04. The molecular formula is C8H10N6O2. The van der Waals surface area contributed by atoms with Crippen molar-refractivity contribution in [1.29, 1.82) is 0 Å². The predicted molar refractivity (Wildman–Crippen MR) is 53.3 cm³/mol. The lowest BCUT2D eigenvalue weighted by Gasteiger charge is -2.01. The first-order valence-electron chi connectivity index (χ1n) is 4.48. The lowest BCUT2D eigenvalue weighted by atomic mass is 10.3. The smallest absolute Gasteiger partial charge is 0.254 e. The number of carbonyl (C=O) groups is 1. The summed E-state index contributed by atoms with van der Waals surface area (Å²) in [5, 5.41) is 11.2. The summed E-state index contributed by atoms with van der Waals surface area (Å²) in [5.74, 6) is -0.409. The van der Waals surface area contributed by atoms with Crippen molar-refractivity contribution < 1.29 is 9.42 Å². The van der Waals surface area contributed by atoms with Gasteiger partial charge in [-0.2, -0.15) is 5.10 Å². The van der Waals surface area contributed by atoms with E-state index < -0.39 is 5.91 Å². The quantitative estimate of drug-likeness (QED) is 0.707. The van der Waals surface area contributed by atoms with Crippen molar-refractivity contribution in [1.82, 2.24) is 20.1 Å². The van der Waals surface area contributed by atoms with Crippen molar-refractivity contribution in [3.8, 4) is 0 Å². The number of nitrogens with zero attached hydrogens (tertiary/aromatic N) is 4. The van der Waals surface area contributed by atoms with Crippen LogP contribution in [-0.4, -0.2) is 26.0 Å². The second-order valence-corrected chi connectivity index (χ2v) is 3.26. The number of anilines is 1. The van der Waals surface area contributed by atoms with E-state index >= 15 is 0 Å². The number of aromatic nitrogens is 4. The number of carbonyl (C=O) groups excluding carboxylic acids is 1. The van der Waals surface area contributed by atoms with Gasteiger partial charge in [0, 0.05) is 0 Å². The Kier molecular flexibility index (Phi) is 2.31. The van der Waals surface area contributed by atoms with Gasteiger partial charge in [0.25, 0.3) is 5.91 Å². The van der Waals surface area contributed by atoms with Crippen LogP contribution in [0, 0.1) is 6.92 Å². The van der Waals surface area contributed by atoms with Crippen molar-refractivity contribution in [2.24, 2.45) is 5.73 Å². The number of nitrogen functional groups attached to an aromatic ring is 1. The molecule has 0 aliphatic heterocycles. The Labute approximate surface area is 90.2 Å². The van der Waals surface area contributed by atoms with E-state index in [1.165, 1.54) is 10.9 Å². The van der Waals surface area contributed by atoms with Gasteiger partial charge in [-0.1, -0.05) is 10.3 Å². The van der Waals surface area contributed by atoms with Crippen LogP contribution in [0.1, 0.15) is 21.7 Å². The topological polar surface area (TPSA) is 126 Å². The Hall–Kier alpha value is -2.38. The molecular weight excluding hydrogens is 212 g/mol. The summed E-state index contributed by atoms with van der Waals surface area (Å²) in [5.41, 5.74) is 12.2. The van der Waals surface area contributed by atoms with Crippen molar-refractivity contribution in [2.45, 2.75) is 13.5 Å². The van der Waals surface area contributed by atoms with Gasteiger partial charge in [0.1, 0.15) is 22.8 Å². The van der Waals surface area contributed by atoms with Crippen molar-refractivity contribution >= 4 is 11.7 Å². The Morgan fingerprint density at radius 3 is 2.81 bits per heavy atom. The third-order valence-electron chi connectivity index (χ3n) is 2.19. The van der Waals surface area contributed by atoms with Crippen LogP contribution in [0.2, 0.25) is 0 Å². The largest absolute Gasteiger partial charge is 0.383 e. The molecule has 0 saturated heterocycles. The second-order valence-electron chi connectivity index (χ2n) is 3.26. The number of rotatable bonds is 3. The molecule has 0 radical (unpaired) electrons. The normalized spacial score (nSPS) is 10.6. The van der Waals surface area contributed by atoms with E-state index in [1.54, 1.807) is 6.92 Å². The van der Waals surface area contributed by atoms with Crippen LogP contribution in [0.5, 0.6) is 0 Å². The van der Waals surface area contributed by atoms with Crippen LogP contribution in [0.25, 0.3) is 0 Å². The van der Waals surface area contributed by atoms with E-state index in [2.05, 4.69) is 20.0 Å². The molecule has 0 fully saturated rings. The number of primary amides is 1. The lowest BCUT2D eigenvalue weighted by molar-refractivity contribution is 0.100. The molecule has 16 heavy (non-hydrogen) atoms. The highest BCUT2D eigenvalue weighted by atomic mass is 16.6. The molecule has 0 unspecified atom stereocenters. The third-order valence-corrected chi connectivity index (χ3v) is 2.19. The first-order valence-corrected chi connectivity index (χ1v) is 4.48. The van der Waals surface area contributed by atoms with Crippen LogP contribution >= 0.6 is 0 Å². The number of hydrogen-bond acceptors (Lipinski definition) is 6. The van der Waals surface area contributed by atoms with E-state index in [0.717, 1.165) is 0 Å². The molecule has 8 heteroatoms. The zero-order chi connectivity index (χ0) is 11.7. The SMILES string of the molecule is Cc1nonc1Cn1ncc(C(N)=O)c1N. The van der Waals surface area contributed by atoms with Gasteiger partial charge in [0.15, 0.2) is 0 Å².